The maximum atomic E-state index is 12.8. The Morgan fingerprint density at radius 2 is 1.68 bits per heavy atom. The van der Waals surface area contributed by atoms with Crippen molar-refractivity contribution in [3.8, 4) is 5.75 Å². The van der Waals surface area contributed by atoms with Gasteiger partial charge in [-0.25, -0.2) is 4.79 Å². The topological polar surface area (TPSA) is 52.6 Å². The molecule has 22 heavy (non-hydrogen) atoms. The summed E-state index contributed by atoms with van der Waals surface area (Å²) >= 11 is 0. The van der Waals surface area contributed by atoms with Gasteiger partial charge in [-0.05, 0) is 56.9 Å². The molecule has 1 aromatic rings. The second-order valence-electron chi connectivity index (χ2n) is 7.39. The van der Waals surface area contributed by atoms with E-state index in [0.29, 0.717) is 18.6 Å². The molecule has 0 radical (unpaired) electrons. The molecule has 1 saturated carbocycles. The summed E-state index contributed by atoms with van der Waals surface area (Å²) in [5, 5.41) is 0. The molecule has 1 aliphatic carbocycles. The number of hydrogen-bond donors (Lipinski definition) is 0. The lowest BCUT2D eigenvalue weighted by atomic mass is 9.66. The maximum Gasteiger partial charge on any atom is 0.356 e. The average Bonchev–Trinajstić information content (AvgIpc) is 2.67. The van der Waals surface area contributed by atoms with Crippen molar-refractivity contribution in [1.29, 1.82) is 0 Å². The fourth-order valence-corrected chi connectivity index (χ4v) is 3.88. The van der Waals surface area contributed by atoms with Crippen LogP contribution >= 0.6 is 0 Å². The highest BCUT2D eigenvalue weighted by molar-refractivity contribution is 5.94. The number of aryl methyl sites for hydroxylation is 2. The van der Waals surface area contributed by atoms with Crippen molar-refractivity contribution in [1.82, 2.24) is 0 Å². The summed E-state index contributed by atoms with van der Waals surface area (Å²) in [4.78, 5) is 25.0. The minimum atomic E-state index is -1.17. The first-order chi connectivity index (χ1) is 10.1. The summed E-state index contributed by atoms with van der Waals surface area (Å²) in [7, 11) is 0. The average molecular weight is 302 g/mol. The van der Waals surface area contributed by atoms with E-state index in [1.54, 1.807) is 0 Å². The zero-order valence-electron chi connectivity index (χ0n) is 13.8. The lowest BCUT2D eigenvalue weighted by Crippen LogP contribution is -2.50. The smallest absolute Gasteiger partial charge is 0.356 e. The van der Waals surface area contributed by atoms with E-state index in [2.05, 4.69) is 0 Å². The summed E-state index contributed by atoms with van der Waals surface area (Å²) in [6, 6.07) is 5.65. The lowest BCUT2D eigenvalue weighted by molar-refractivity contribution is -0.176. The van der Waals surface area contributed by atoms with Crippen LogP contribution in [-0.2, 0) is 14.3 Å². The van der Waals surface area contributed by atoms with Gasteiger partial charge in [0.25, 0.3) is 0 Å². The highest BCUT2D eigenvalue weighted by Crippen LogP contribution is 2.65. The number of carbonyl (C=O) groups excluding carboxylic acids is 2. The molecule has 1 aromatic carbocycles. The Hall–Kier alpha value is -1.84. The monoisotopic (exact) mass is 302 g/mol. The predicted molar refractivity (Wildman–Crippen MR) is 81.5 cm³/mol. The van der Waals surface area contributed by atoms with E-state index in [0.717, 1.165) is 11.1 Å². The molecule has 0 spiro atoms. The van der Waals surface area contributed by atoms with E-state index in [9.17, 15) is 9.59 Å². The summed E-state index contributed by atoms with van der Waals surface area (Å²) in [6.07, 6.45) is 1.17. The highest BCUT2D eigenvalue weighted by Gasteiger charge is 2.76. The molecule has 4 nitrogen and oxygen atoms in total. The lowest BCUT2D eigenvalue weighted by Gasteiger charge is -2.34. The Bertz CT molecular complexity index is 655. The van der Waals surface area contributed by atoms with Gasteiger partial charge < -0.3 is 9.47 Å². The van der Waals surface area contributed by atoms with Gasteiger partial charge in [0.15, 0.2) is 0 Å². The van der Waals surface area contributed by atoms with Crippen LogP contribution in [0, 0.1) is 24.7 Å². The van der Waals surface area contributed by atoms with Crippen LogP contribution in [0.3, 0.4) is 0 Å². The fraction of sp³-hybridized carbons (Fsp3) is 0.556. The minimum absolute atomic E-state index is 0.291. The first-order valence-electron chi connectivity index (χ1n) is 7.66. The molecule has 2 atom stereocenters. The highest BCUT2D eigenvalue weighted by atomic mass is 16.6. The Morgan fingerprint density at radius 3 is 2.14 bits per heavy atom. The van der Waals surface area contributed by atoms with Crippen LogP contribution in [0.4, 0.5) is 0 Å². The number of rotatable bonds is 2. The van der Waals surface area contributed by atoms with Crippen molar-refractivity contribution < 1.29 is 19.1 Å². The van der Waals surface area contributed by atoms with Crippen molar-refractivity contribution in [2.75, 3.05) is 0 Å². The van der Waals surface area contributed by atoms with Gasteiger partial charge in [-0.15, -0.1) is 0 Å². The largest absolute Gasteiger partial charge is 0.446 e. The van der Waals surface area contributed by atoms with Crippen LogP contribution in [0.5, 0.6) is 5.75 Å². The summed E-state index contributed by atoms with van der Waals surface area (Å²) in [5.41, 5.74) is -0.309. The number of benzene rings is 1. The molecule has 1 saturated heterocycles. The van der Waals surface area contributed by atoms with E-state index >= 15 is 0 Å². The van der Waals surface area contributed by atoms with Crippen molar-refractivity contribution in [3.05, 3.63) is 29.3 Å². The molecule has 0 amide bonds. The van der Waals surface area contributed by atoms with Gasteiger partial charge in [-0.1, -0.05) is 19.9 Å². The van der Waals surface area contributed by atoms with Gasteiger partial charge in [0, 0.05) is 5.41 Å². The van der Waals surface area contributed by atoms with Gasteiger partial charge in [0.2, 0.25) is 5.60 Å². The molecule has 2 bridgehead atoms. The van der Waals surface area contributed by atoms with Crippen LogP contribution in [-0.4, -0.2) is 17.5 Å². The fourth-order valence-electron chi connectivity index (χ4n) is 3.88. The molecule has 1 heterocycles. The van der Waals surface area contributed by atoms with Crippen molar-refractivity contribution >= 4 is 11.9 Å². The van der Waals surface area contributed by atoms with Gasteiger partial charge in [-0.2, -0.15) is 0 Å². The van der Waals surface area contributed by atoms with Gasteiger partial charge in [-0.3, -0.25) is 4.79 Å². The van der Waals surface area contributed by atoms with E-state index in [-0.39, 0.29) is 5.97 Å². The first kappa shape index (κ1) is 15.1. The van der Waals surface area contributed by atoms with Gasteiger partial charge in [0.05, 0.1) is 5.41 Å². The quantitative estimate of drug-likeness (QED) is 0.621. The summed E-state index contributed by atoms with van der Waals surface area (Å²) < 4.78 is 11.1. The Morgan fingerprint density at radius 1 is 1.09 bits per heavy atom. The van der Waals surface area contributed by atoms with E-state index in [1.165, 1.54) is 0 Å². The Balaban J connectivity index is 1.94. The van der Waals surface area contributed by atoms with Crippen LogP contribution < -0.4 is 4.74 Å². The van der Waals surface area contributed by atoms with Crippen LogP contribution in [0.2, 0.25) is 0 Å². The van der Waals surface area contributed by atoms with E-state index < -0.39 is 22.4 Å². The molecular formula is C18H22O4. The SMILES string of the molecule is Cc1cc(C)cc(OC(=O)[C@@]23CC[C@@](C)(C(=O)O2)C3(C)C)c1. The van der Waals surface area contributed by atoms with Crippen molar-refractivity contribution in [2.24, 2.45) is 10.8 Å². The molecule has 4 heteroatoms. The van der Waals surface area contributed by atoms with Crippen LogP contribution in [0.15, 0.2) is 18.2 Å². The third kappa shape index (κ3) is 1.70. The Labute approximate surface area is 130 Å². The van der Waals surface area contributed by atoms with Crippen molar-refractivity contribution in [2.45, 2.75) is 53.1 Å². The second kappa shape index (κ2) is 4.34. The molecule has 1 aliphatic heterocycles. The third-order valence-electron chi connectivity index (χ3n) is 5.82. The molecule has 2 aliphatic rings. The molecule has 0 N–H and O–H groups in total. The predicted octanol–water partition coefficient (Wildman–Crippen LogP) is 3.33. The van der Waals surface area contributed by atoms with Crippen LogP contribution in [0.25, 0.3) is 0 Å². The number of carbonyl (C=O) groups is 2. The number of hydrogen-bond acceptors (Lipinski definition) is 4. The zero-order valence-corrected chi connectivity index (χ0v) is 13.8. The third-order valence-corrected chi connectivity index (χ3v) is 5.82. The molecule has 118 valence electrons. The molecule has 0 aromatic heterocycles. The molecule has 0 unspecified atom stereocenters. The summed E-state index contributed by atoms with van der Waals surface area (Å²) in [5.74, 6) is -0.248. The summed E-state index contributed by atoms with van der Waals surface area (Å²) in [6.45, 7) is 9.64. The minimum Gasteiger partial charge on any atom is -0.446 e. The first-order valence-corrected chi connectivity index (χ1v) is 7.66. The van der Waals surface area contributed by atoms with Gasteiger partial charge in [0.1, 0.15) is 5.75 Å². The van der Waals surface area contributed by atoms with E-state index in [1.807, 2.05) is 52.8 Å². The second-order valence-corrected chi connectivity index (χ2v) is 7.39. The number of ether oxygens (including phenoxy) is 2. The normalized spacial score (nSPS) is 32.0. The molecule has 3 rings (SSSR count). The standard InChI is InChI=1S/C18H22O4/c1-11-8-12(2)10-13(9-11)21-15(20)18-7-6-17(5,14(19)22-18)16(18,3)4/h8-10H,6-7H2,1-5H3/t17-,18+/m0/s1. The van der Waals surface area contributed by atoms with E-state index in [4.69, 9.17) is 9.47 Å². The molecule has 2 fully saturated rings. The number of esters is 2. The zero-order chi connectivity index (χ0) is 16.3. The Kier molecular flexibility index (Phi) is 2.97. The molecular weight excluding hydrogens is 280 g/mol. The number of fused-ring (bicyclic) bond motifs is 2. The van der Waals surface area contributed by atoms with Gasteiger partial charge >= 0.3 is 11.9 Å². The maximum absolute atomic E-state index is 12.8. The van der Waals surface area contributed by atoms with Crippen LogP contribution in [0.1, 0.15) is 44.7 Å². The van der Waals surface area contributed by atoms with Crippen molar-refractivity contribution in [3.63, 3.8) is 0 Å².